The number of carbonyl (C=O) groups excluding carboxylic acids is 1. The molecular formula is C10H9BrO3. The molecule has 2 aliphatic rings. The first kappa shape index (κ1) is 10.9. The van der Waals surface area contributed by atoms with Crippen molar-refractivity contribution in [1.82, 2.24) is 0 Å². The Balaban J connectivity index is 0.000000149. The van der Waals surface area contributed by atoms with Crippen LogP contribution in [0.3, 0.4) is 0 Å². The van der Waals surface area contributed by atoms with E-state index in [1.54, 1.807) is 0 Å². The van der Waals surface area contributed by atoms with Crippen molar-refractivity contribution >= 4 is 27.7 Å². The van der Waals surface area contributed by atoms with Crippen LogP contribution >= 0.6 is 15.9 Å². The van der Waals surface area contributed by atoms with Gasteiger partial charge in [0.05, 0.1) is 6.42 Å². The lowest BCUT2D eigenvalue weighted by atomic mass is 9.92. The van der Waals surface area contributed by atoms with Crippen LogP contribution in [0.2, 0.25) is 0 Å². The van der Waals surface area contributed by atoms with Gasteiger partial charge in [0.15, 0.2) is 5.78 Å². The first-order chi connectivity index (χ1) is 6.65. The van der Waals surface area contributed by atoms with Crippen LogP contribution in [0.5, 0.6) is 0 Å². The molecule has 14 heavy (non-hydrogen) atoms. The summed E-state index contributed by atoms with van der Waals surface area (Å²) in [6, 6.07) is 7.44. The van der Waals surface area contributed by atoms with E-state index in [-0.39, 0.29) is 12.2 Å². The number of hydrogen-bond donors (Lipinski definition) is 1. The van der Waals surface area contributed by atoms with E-state index in [0.29, 0.717) is 5.33 Å². The molecule has 0 heterocycles. The fourth-order valence-electron chi connectivity index (χ4n) is 0.971. The molecule has 1 aromatic carbocycles. The monoisotopic (exact) mass is 256 g/mol. The molecule has 0 fully saturated rings. The number of hydrogen-bond acceptors (Lipinski definition) is 2. The number of fused-ring (bicyclic) bond motifs is 2. The maximum Gasteiger partial charge on any atom is 0.304 e. The SMILES string of the molecule is O=C(O)CCBr.O=C1c2cccc1c2. The number of ketones is 1. The first-order valence-corrected chi connectivity index (χ1v) is 5.20. The second-order valence-corrected chi connectivity index (χ2v) is 3.54. The summed E-state index contributed by atoms with van der Waals surface area (Å²) in [5, 5.41) is 8.43. The Morgan fingerprint density at radius 1 is 1.36 bits per heavy atom. The van der Waals surface area contributed by atoms with E-state index in [2.05, 4.69) is 15.9 Å². The van der Waals surface area contributed by atoms with Gasteiger partial charge in [0.2, 0.25) is 0 Å². The quantitative estimate of drug-likeness (QED) is 0.838. The van der Waals surface area contributed by atoms with E-state index in [0.717, 1.165) is 11.1 Å². The highest BCUT2D eigenvalue weighted by atomic mass is 79.9. The zero-order valence-electron chi connectivity index (χ0n) is 7.37. The molecule has 0 spiro atoms. The Morgan fingerprint density at radius 3 is 2.07 bits per heavy atom. The molecule has 0 aliphatic heterocycles. The Hall–Kier alpha value is -1.16. The summed E-state index contributed by atoms with van der Waals surface area (Å²) >= 11 is 2.97. The van der Waals surface area contributed by atoms with Crippen molar-refractivity contribution in [1.29, 1.82) is 0 Å². The number of carbonyl (C=O) groups is 2. The largest absolute Gasteiger partial charge is 0.481 e. The van der Waals surface area contributed by atoms with Crippen molar-refractivity contribution in [2.24, 2.45) is 0 Å². The van der Waals surface area contributed by atoms with E-state index >= 15 is 0 Å². The molecule has 0 atom stereocenters. The summed E-state index contributed by atoms with van der Waals surface area (Å²) in [4.78, 5) is 20.2. The molecule has 0 unspecified atom stereocenters. The van der Waals surface area contributed by atoms with Crippen molar-refractivity contribution in [2.45, 2.75) is 6.42 Å². The molecule has 0 saturated heterocycles. The molecule has 1 N–H and O–H groups in total. The third-order valence-electron chi connectivity index (χ3n) is 1.70. The zero-order valence-corrected chi connectivity index (χ0v) is 8.95. The van der Waals surface area contributed by atoms with Gasteiger partial charge in [-0.3, -0.25) is 9.59 Å². The van der Waals surface area contributed by atoms with Crippen molar-refractivity contribution in [3.8, 4) is 0 Å². The van der Waals surface area contributed by atoms with Gasteiger partial charge in [0, 0.05) is 16.5 Å². The molecule has 3 nitrogen and oxygen atoms in total. The molecule has 1 aromatic rings. The predicted octanol–water partition coefficient (Wildman–Crippen LogP) is 2.09. The molecule has 0 amide bonds. The van der Waals surface area contributed by atoms with Gasteiger partial charge in [-0.15, -0.1) is 0 Å². The molecule has 74 valence electrons. The Labute approximate surface area is 89.9 Å². The van der Waals surface area contributed by atoms with Crippen LogP contribution in [0.1, 0.15) is 22.3 Å². The average Bonchev–Trinajstić information content (AvgIpc) is 2.19. The van der Waals surface area contributed by atoms with Crippen molar-refractivity contribution < 1.29 is 14.7 Å². The predicted molar refractivity (Wildman–Crippen MR) is 55.9 cm³/mol. The zero-order chi connectivity index (χ0) is 10.6. The molecule has 0 saturated carbocycles. The molecule has 3 rings (SSSR count). The number of halogens is 1. The van der Waals surface area contributed by atoms with E-state index < -0.39 is 5.97 Å². The van der Waals surface area contributed by atoms with Crippen molar-refractivity contribution in [2.75, 3.05) is 5.33 Å². The summed E-state index contributed by atoms with van der Waals surface area (Å²) in [5.41, 5.74) is 1.70. The lowest BCUT2D eigenvalue weighted by Gasteiger charge is -2.10. The molecular weight excluding hydrogens is 248 g/mol. The molecule has 0 radical (unpaired) electrons. The number of alkyl halides is 1. The van der Waals surface area contributed by atoms with Gasteiger partial charge < -0.3 is 5.11 Å². The number of carboxylic acid groups (broad SMARTS) is 1. The lowest BCUT2D eigenvalue weighted by Crippen LogP contribution is -2.10. The minimum absolute atomic E-state index is 0.201. The fourth-order valence-corrected chi connectivity index (χ4v) is 1.31. The van der Waals surface area contributed by atoms with E-state index in [1.807, 2.05) is 24.3 Å². The highest BCUT2D eigenvalue weighted by molar-refractivity contribution is 9.09. The normalized spacial score (nSPS) is 11.1. The van der Waals surface area contributed by atoms with Crippen LogP contribution in [-0.4, -0.2) is 22.2 Å². The van der Waals surface area contributed by atoms with Crippen molar-refractivity contribution in [3.63, 3.8) is 0 Å². The third kappa shape index (κ3) is 2.67. The van der Waals surface area contributed by atoms with E-state index in [1.165, 1.54) is 0 Å². The average molecular weight is 257 g/mol. The summed E-state index contributed by atoms with van der Waals surface area (Å²) in [6.07, 6.45) is 0.208. The van der Waals surface area contributed by atoms with Crippen LogP contribution in [0.4, 0.5) is 0 Å². The lowest BCUT2D eigenvalue weighted by molar-refractivity contribution is -0.136. The third-order valence-corrected chi connectivity index (χ3v) is 2.09. The van der Waals surface area contributed by atoms with Gasteiger partial charge in [0.25, 0.3) is 0 Å². The number of benzene rings is 1. The smallest absolute Gasteiger partial charge is 0.304 e. The summed E-state index contributed by atoms with van der Waals surface area (Å²) in [6.45, 7) is 0. The minimum Gasteiger partial charge on any atom is -0.481 e. The molecule has 2 aliphatic carbocycles. The van der Waals surface area contributed by atoms with E-state index in [4.69, 9.17) is 5.11 Å². The van der Waals surface area contributed by atoms with Crippen LogP contribution in [0.15, 0.2) is 24.3 Å². The fraction of sp³-hybridized carbons (Fsp3) is 0.200. The van der Waals surface area contributed by atoms with Crippen LogP contribution in [0.25, 0.3) is 0 Å². The number of rotatable bonds is 2. The Morgan fingerprint density at radius 2 is 1.93 bits per heavy atom. The van der Waals surface area contributed by atoms with Crippen LogP contribution < -0.4 is 0 Å². The van der Waals surface area contributed by atoms with Gasteiger partial charge >= 0.3 is 5.97 Å². The van der Waals surface area contributed by atoms with Gasteiger partial charge in [-0.25, -0.2) is 0 Å². The second kappa shape index (κ2) is 4.91. The topological polar surface area (TPSA) is 54.4 Å². The minimum atomic E-state index is -0.758. The standard InChI is InChI=1S/C7H4O.C3H5BrO2/c8-7-5-2-1-3-6(7)4-5;4-2-1-3(5)6/h1-4H;1-2H2,(H,5,6). The van der Waals surface area contributed by atoms with Gasteiger partial charge in [-0.05, 0) is 6.07 Å². The maximum absolute atomic E-state index is 10.7. The Kier molecular flexibility index (Phi) is 3.83. The summed E-state index contributed by atoms with van der Waals surface area (Å²) < 4.78 is 0. The van der Waals surface area contributed by atoms with Crippen LogP contribution in [0, 0.1) is 0 Å². The molecule has 2 bridgehead atoms. The summed E-state index contributed by atoms with van der Waals surface area (Å²) in [7, 11) is 0. The highest BCUT2D eigenvalue weighted by Crippen LogP contribution is 2.19. The maximum atomic E-state index is 10.7. The van der Waals surface area contributed by atoms with Gasteiger partial charge in [-0.1, -0.05) is 34.1 Å². The second-order valence-electron chi connectivity index (χ2n) is 2.74. The van der Waals surface area contributed by atoms with Crippen molar-refractivity contribution in [3.05, 3.63) is 35.4 Å². The number of carboxylic acids is 1. The molecule has 0 aromatic heterocycles. The van der Waals surface area contributed by atoms with Crippen LogP contribution in [-0.2, 0) is 4.79 Å². The summed E-state index contributed by atoms with van der Waals surface area (Å²) in [5.74, 6) is -0.556. The van der Waals surface area contributed by atoms with Gasteiger partial charge in [0.1, 0.15) is 0 Å². The Bertz CT molecular complexity index is 331. The number of aliphatic carboxylic acids is 1. The van der Waals surface area contributed by atoms with Gasteiger partial charge in [-0.2, -0.15) is 0 Å². The highest BCUT2D eigenvalue weighted by Gasteiger charge is 2.17. The first-order valence-electron chi connectivity index (χ1n) is 4.07. The van der Waals surface area contributed by atoms with E-state index in [9.17, 15) is 9.59 Å². The molecule has 4 heteroatoms.